The average molecular weight is 584 g/mol. The molecule has 0 heterocycles. The van der Waals surface area contributed by atoms with Crippen LogP contribution in [0.15, 0.2) is 77.3 Å². The molecule has 0 radical (unpaired) electrons. The number of phenols is 1. The van der Waals surface area contributed by atoms with Crippen LogP contribution in [-0.4, -0.2) is 75.6 Å². The Balaban J connectivity index is 1.45. The number of aliphatic hydroxyl groups excluding tert-OH is 2. The number of fused-ring (bicyclic) bond motifs is 4. The Morgan fingerprint density at radius 2 is 1.72 bits per heavy atom. The molecular formula is C33H33N3O7. The summed E-state index contributed by atoms with van der Waals surface area (Å²) in [6.45, 7) is 0.546. The van der Waals surface area contributed by atoms with E-state index in [2.05, 4.69) is 4.90 Å². The number of amides is 1. The Kier molecular flexibility index (Phi) is 6.59. The van der Waals surface area contributed by atoms with Gasteiger partial charge in [-0.1, -0.05) is 36.4 Å². The largest absolute Gasteiger partial charge is 0.510 e. The monoisotopic (exact) mass is 583 g/mol. The van der Waals surface area contributed by atoms with E-state index in [9.17, 15) is 34.8 Å². The van der Waals surface area contributed by atoms with E-state index in [1.165, 1.54) is 4.90 Å². The highest BCUT2D eigenvalue weighted by molar-refractivity contribution is 6.25. The number of para-hydroxylation sites is 1. The molecule has 3 aromatic carbocycles. The summed E-state index contributed by atoms with van der Waals surface area (Å²) < 4.78 is 0. The van der Waals surface area contributed by atoms with Crippen LogP contribution < -0.4 is 10.6 Å². The number of benzene rings is 3. The average Bonchev–Trinajstić information content (AvgIpc) is 2.95. The van der Waals surface area contributed by atoms with Gasteiger partial charge in [-0.25, -0.2) is 0 Å². The first-order valence-corrected chi connectivity index (χ1v) is 14.0. The highest BCUT2D eigenvalue weighted by Gasteiger charge is 2.63. The van der Waals surface area contributed by atoms with Crippen LogP contribution in [0.25, 0.3) is 10.8 Å². The number of anilines is 1. The molecule has 10 nitrogen and oxygen atoms in total. The van der Waals surface area contributed by atoms with Gasteiger partial charge in [0.25, 0.3) is 5.91 Å². The van der Waals surface area contributed by atoms with E-state index in [1.807, 2.05) is 61.6 Å². The number of Topliss-reactive ketones (excluding diaryl/α,β-unsaturated/α-hetero) is 2. The molecule has 6 N–H and O–H groups in total. The fraction of sp³-hybridized carbons (Fsp3) is 0.303. The van der Waals surface area contributed by atoms with Crippen molar-refractivity contribution in [2.75, 3.05) is 26.0 Å². The number of ketones is 2. The number of phenolic OH excluding ortho intramolecular Hbond substituents is 1. The lowest BCUT2D eigenvalue weighted by Gasteiger charge is -2.50. The maximum absolute atomic E-state index is 14.0. The van der Waals surface area contributed by atoms with E-state index < -0.39 is 58.0 Å². The standard InChI is InChI=1S/C33H33N3O7/c1-35(2)26-22-14-19-13-18-12-17-10-9-16(15-36(3)20-7-5-4-6-8-20)11-21(17)27(37)23(18)28(38)24(19)30(40)33(22,43)31(41)25(29(26)39)32(34)42/h4-12,19,22,26,37,39-40,43H,13-15H2,1-3H3,(H2,34,42)/t19-,22-,26-,33-/m0/s1. The minimum atomic E-state index is -2.66. The summed E-state index contributed by atoms with van der Waals surface area (Å²) in [5, 5.41) is 46.8. The molecule has 0 unspecified atom stereocenters. The highest BCUT2D eigenvalue weighted by Crippen LogP contribution is 2.52. The Morgan fingerprint density at radius 3 is 2.37 bits per heavy atom. The summed E-state index contributed by atoms with van der Waals surface area (Å²) in [7, 11) is 5.16. The summed E-state index contributed by atoms with van der Waals surface area (Å²) in [5.41, 5.74) is 4.25. The minimum Gasteiger partial charge on any atom is -0.510 e. The number of carbonyl (C=O) groups excluding carboxylic acids is 3. The maximum Gasteiger partial charge on any atom is 0.255 e. The van der Waals surface area contributed by atoms with Crippen molar-refractivity contribution in [3.8, 4) is 5.75 Å². The molecule has 0 bridgehead atoms. The summed E-state index contributed by atoms with van der Waals surface area (Å²) in [6, 6.07) is 16.3. The minimum absolute atomic E-state index is 0.00171. The quantitative estimate of drug-likeness (QED) is 0.284. The fourth-order valence-electron chi connectivity index (χ4n) is 7.21. The first kappa shape index (κ1) is 28.4. The number of aliphatic hydroxyl groups is 3. The fourth-order valence-corrected chi connectivity index (χ4v) is 7.21. The van der Waals surface area contributed by atoms with Crippen molar-refractivity contribution < 1.29 is 34.8 Å². The van der Waals surface area contributed by atoms with E-state index in [0.29, 0.717) is 17.5 Å². The van der Waals surface area contributed by atoms with Crippen molar-refractivity contribution in [1.29, 1.82) is 0 Å². The number of hydrogen-bond acceptors (Lipinski definition) is 9. The van der Waals surface area contributed by atoms with E-state index in [0.717, 1.165) is 16.6 Å². The summed E-state index contributed by atoms with van der Waals surface area (Å²) in [6.07, 6.45) is 0.297. The van der Waals surface area contributed by atoms with Crippen molar-refractivity contribution in [1.82, 2.24) is 4.90 Å². The van der Waals surface area contributed by atoms with E-state index in [4.69, 9.17) is 5.73 Å². The first-order chi connectivity index (χ1) is 20.4. The Morgan fingerprint density at radius 1 is 1.02 bits per heavy atom. The smallest absolute Gasteiger partial charge is 0.255 e. The molecule has 3 aliphatic carbocycles. The van der Waals surface area contributed by atoms with Crippen LogP contribution in [0.1, 0.15) is 27.9 Å². The van der Waals surface area contributed by atoms with Gasteiger partial charge in [0.1, 0.15) is 22.8 Å². The van der Waals surface area contributed by atoms with Crippen LogP contribution in [0.3, 0.4) is 0 Å². The van der Waals surface area contributed by atoms with Crippen molar-refractivity contribution in [3.63, 3.8) is 0 Å². The van der Waals surface area contributed by atoms with Crippen molar-refractivity contribution >= 4 is 33.9 Å². The van der Waals surface area contributed by atoms with Crippen LogP contribution in [-0.2, 0) is 22.6 Å². The third kappa shape index (κ3) is 4.12. The molecule has 0 saturated carbocycles. The Bertz CT molecular complexity index is 1780. The highest BCUT2D eigenvalue weighted by atomic mass is 16.3. The van der Waals surface area contributed by atoms with Gasteiger partial charge < -0.3 is 31.1 Å². The Labute approximate surface area is 247 Å². The van der Waals surface area contributed by atoms with Gasteiger partial charge >= 0.3 is 0 Å². The lowest BCUT2D eigenvalue weighted by molar-refractivity contribution is -0.148. The predicted molar refractivity (Wildman–Crippen MR) is 160 cm³/mol. The molecule has 10 heteroatoms. The van der Waals surface area contributed by atoms with Gasteiger partial charge in [0.15, 0.2) is 11.4 Å². The van der Waals surface area contributed by atoms with Crippen LogP contribution in [0.5, 0.6) is 5.75 Å². The second-order valence-corrected chi connectivity index (χ2v) is 12.0. The number of carbonyl (C=O) groups is 3. The second-order valence-electron chi connectivity index (χ2n) is 12.0. The summed E-state index contributed by atoms with van der Waals surface area (Å²) in [4.78, 5) is 43.2. The van der Waals surface area contributed by atoms with Gasteiger partial charge in [0.2, 0.25) is 5.78 Å². The van der Waals surface area contributed by atoms with Crippen LogP contribution in [0.2, 0.25) is 0 Å². The number of aromatic hydroxyl groups is 1. The van der Waals surface area contributed by atoms with Crippen LogP contribution in [0, 0.1) is 11.8 Å². The number of nitrogens with two attached hydrogens (primary N) is 1. The number of hydrogen-bond donors (Lipinski definition) is 5. The molecule has 0 fully saturated rings. The van der Waals surface area contributed by atoms with Crippen LogP contribution in [0.4, 0.5) is 5.69 Å². The molecule has 3 aliphatic rings. The normalized spacial score (nSPS) is 25.1. The van der Waals surface area contributed by atoms with Gasteiger partial charge in [-0.15, -0.1) is 0 Å². The third-order valence-electron chi connectivity index (χ3n) is 9.21. The number of allylic oxidation sites excluding steroid dienone is 1. The zero-order valence-corrected chi connectivity index (χ0v) is 24.0. The Hall–Kier alpha value is -4.67. The summed E-state index contributed by atoms with van der Waals surface area (Å²) >= 11 is 0. The molecule has 0 aromatic heterocycles. The van der Waals surface area contributed by atoms with Gasteiger partial charge in [0.05, 0.1) is 11.6 Å². The SMILES string of the molecule is CN(Cc1ccc2cc3c(c(O)c2c1)C(=O)C1=C(O)[C@]2(O)C(=O)C(C(N)=O)=C(O)[C@@H](N(C)C)[C@@H]2C[C@@H]1C3)c1ccccc1. The molecule has 3 aromatic rings. The van der Waals surface area contributed by atoms with Crippen LogP contribution >= 0.6 is 0 Å². The lowest BCUT2D eigenvalue weighted by atomic mass is 9.58. The van der Waals surface area contributed by atoms with Crippen molar-refractivity contribution in [2.45, 2.75) is 31.0 Å². The molecule has 1 amide bonds. The number of likely N-dealkylation sites (N-methyl/N-ethyl adjacent to an activating group) is 1. The first-order valence-electron chi connectivity index (χ1n) is 14.0. The van der Waals surface area contributed by atoms with Gasteiger partial charge in [0, 0.05) is 36.2 Å². The van der Waals surface area contributed by atoms with Gasteiger partial charge in [-0.05, 0) is 67.6 Å². The molecule has 4 atom stereocenters. The number of nitrogens with zero attached hydrogens (tertiary/aromatic N) is 2. The molecular weight excluding hydrogens is 550 g/mol. The maximum atomic E-state index is 14.0. The molecule has 6 rings (SSSR count). The van der Waals surface area contributed by atoms with Gasteiger partial charge in [-0.3, -0.25) is 19.3 Å². The third-order valence-corrected chi connectivity index (χ3v) is 9.21. The molecule has 0 spiro atoms. The van der Waals surface area contributed by atoms with Gasteiger partial charge in [-0.2, -0.15) is 0 Å². The van der Waals surface area contributed by atoms with E-state index in [-0.39, 0.29) is 29.7 Å². The second kappa shape index (κ2) is 9.96. The zero-order valence-electron chi connectivity index (χ0n) is 24.0. The van der Waals surface area contributed by atoms with Crippen molar-refractivity contribution in [2.24, 2.45) is 17.6 Å². The van der Waals surface area contributed by atoms with E-state index in [1.54, 1.807) is 14.1 Å². The number of rotatable bonds is 5. The molecule has 222 valence electrons. The lowest BCUT2D eigenvalue weighted by Crippen LogP contribution is -2.63. The predicted octanol–water partition coefficient (Wildman–Crippen LogP) is 2.91. The van der Waals surface area contributed by atoms with E-state index >= 15 is 0 Å². The molecule has 0 saturated heterocycles. The zero-order chi connectivity index (χ0) is 31.0. The molecule has 43 heavy (non-hydrogen) atoms. The number of primary amides is 1. The van der Waals surface area contributed by atoms with Crippen molar-refractivity contribution in [3.05, 3.63) is 94.0 Å². The topological polar surface area (TPSA) is 165 Å². The summed E-state index contributed by atoms with van der Waals surface area (Å²) in [5.74, 6) is -6.57. The molecule has 0 aliphatic heterocycles.